The number of hydrogen-bond acceptors (Lipinski definition) is 3. The topological polar surface area (TPSA) is 49.4 Å². The molecule has 0 saturated carbocycles. The highest BCUT2D eigenvalue weighted by Crippen LogP contribution is 2.09. The van der Waals surface area contributed by atoms with E-state index in [1.165, 1.54) is 0 Å². The normalized spacial score (nSPS) is 21.8. The first-order chi connectivity index (χ1) is 6.05. The van der Waals surface area contributed by atoms with Crippen LogP contribution < -0.4 is 5.32 Å². The van der Waals surface area contributed by atoms with Crippen LogP contribution in [0.25, 0.3) is 0 Å². The van der Waals surface area contributed by atoms with Gasteiger partial charge in [0, 0.05) is 19.6 Å². The molecular weight excluding hydrogens is 188 g/mol. The standard InChI is InChI=1S/C8H18N2O2S/c1-8(2)13(11,12)10-6-3-4-9-5-7-10/h8-9H,3-7H2,1-2H3. The fourth-order valence-electron chi connectivity index (χ4n) is 1.37. The van der Waals surface area contributed by atoms with Gasteiger partial charge in [-0.1, -0.05) is 0 Å². The number of hydrogen-bond donors (Lipinski definition) is 1. The molecule has 0 bridgehead atoms. The quantitative estimate of drug-likeness (QED) is 0.693. The molecule has 0 amide bonds. The molecule has 5 heteroatoms. The zero-order valence-corrected chi connectivity index (χ0v) is 9.10. The van der Waals surface area contributed by atoms with Gasteiger partial charge in [-0.2, -0.15) is 0 Å². The Morgan fingerprint density at radius 3 is 2.54 bits per heavy atom. The molecule has 0 spiro atoms. The lowest BCUT2D eigenvalue weighted by molar-refractivity contribution is 0.426. The molecule has 0 radical (unpaired) electrons. The second-order valence-electron chi connectivity index (χ2n) is 3.60. The minimum absolute atomic E-state index is 0.300. The van der Waals surface area contributed by atoms with E-state index in [2.05, 4.69) is 5.32 Å². The van der Waals surface area contributed by atoms with Crippen molar-refractivity contribution in [2.45, 2.75) is 25.5 Å². The Morgan fingerprint density at radius 2 is 1.92 bits per heavy atom. The van der Waals surface area contributed by atoms with E-state index in [9.17, 15) is 8.42 Å². The van der Waals surface area contributed by atoms with Gasteiger partial charge in [0.05, 0.1) is 5.25 Å². The highest BCUT2D eigenvalue weighted by Gasteiger charge is 2.25. The fourth-order valence-corrected chi connectivity index (χ4v) is 2.70. The lowest BCUT2D eigenvalue weighted by Crippen LogP contribution is -2.38. The van der Waals surface area contributed by atoms with Crippen LogP contribution in [0, 0.1) is 0 Å². The van der Waals surface area contributed by atoms with Crippen molar-refractivity contribution in [1.29, 1.82) is 0 Å². The van der Waals surface area contributed by atoms with Gasteiger partial charge >= 0.3 is 0 Å². The Morgan fingerprint density at radius 1 is 1.23 bits per heavy atom. The smallest absolute Gasteiger partial charge is 0.216 e. The number of sulfonamides is 1. The molecule has 1 aliphatic rings. The van der Waals surface area contributed by atoms with E-state index in [0.717, 1.165) is 19.5 Å². The predicted octanol–water partition coefficient (Wildman–Crippen LogP) is 0.0199. The SMILES string of the molecule is CC(C)S(=O)(=O)N1CCCNCC1. The third-order valence-electron chi connectivity index (χ3n) is 2.25. The number of nitrogens with one attached hydrogen (secondary N) is 1. The zero-order chi connectivity index (χ0) is 9.90. The molecule has 0 aromatic heterocycles. The Labute approximate surface area is 80.4 Å². The van der Waals surface area contributed by atoms with Crippen LogP contribution >= 0.6 is 0 Å². The van der Waals surface area contributed by atoms with Gasteiger partial charge in [0.25, 0.3) is 0 Å². The van der Waals surface area contributed by atoms with Crippen LogP contribution in [0.4, 0.5) is 0 Å². The molecule has 1 aliphatic heterocycles. The summed E-state index contributed by atoms with van der Waals surface area (Å²) in [5.41, 5.74) is 0. The van der Waals surface area contributed by atoms with Gasteiger partial charge in [-0.3, -0.25) is 0 Å². The highest BCUT2D eigenvalue weighted by atomic mass is 32.2. The van der Waals surface area contributed by atoms with Crippen molar-refractivity contribution in [2.24, 2.45) is 0 Å². The summed E-state index contributed by atoms with van der Waals surface area (Å²) >= 11 is 0. The second kappa shape index (κ2) is 4.39. The molecule has 1 N–H and O–H groups in total. The van der Waals surface area contributed by atoms with Crippen LogP contribution in [0.2, 0.25) is 0 Å². The molecule has 1 heterocycles. The summed E-state index contributed by atoms with van der Waals surface area (Å²) in [6.07, 6.45) is 0.909. The molecule has 0 aliphatic carbocycles. The van der Waals surface area contributed by atoms with Crippen molar-refractivity contribution in [2.75, 3.05) is 26.2 Å². The zero-order valence-electron chi connectivity index (χ0n) is 8.28. The molecule has 0 unspecified atom stereocenters. The van der Waals surface area contributed by atoms with Crippen molar-refractivity contribution in [3.05, 3.63) is 0 Å². The first-order valence-electron chi connectivity index (χ1n) is 4.75. The molecule has 0 atom stereocenters. The van der Waals surface area contributed by atoms with Gasteiger partial charge in [-0.25, -0.2) is 12.7 Å². The van der Waals surface area contributed by atoms with Crippen molar-refractivity contribution in [3.63, 3.8) is 0 Å². The molecule has 78 valence electrons. The van der Waals surface area contributed by atoms with Crippen LogP contribution in [-0.4, -0.2) is 44.2 Å². The lowest BCUT2D eigenvalue weighted by atomic mass is 10.4. The molecule has 1 rings (SSSR count). The van der Waals surface area contributed by atoms with Crippen LogP contribution in [0.3, 0.4) is 0 Å². The maximum atomic E-state index is 11.7. The summed E-state index contributed by atoms with van der Waals surface area (Å²) in [5.74, 6) is 0. The van der Waals surface area contributed by atoms with E-state index in [1.54, 1.807) is 18.2 Å². The van der Waals surface area contributed by atoms with E-state index in [1.807, 2.05) is 0 Å². The maximum Gasteiger partial charge on any atom is 0.216 e. The summed E-state index contributed by atoms with van der Waals surface area (Å²) in [5, 5.41) is 2.88. The third kappa shape index (κ3) is 2.65. The van der Waals surface area contributed by atoms with Gasteiger partial charge in [-0.15, -0.1) is 0 Å². The maximum absolute atomic E-state index is 11.7. The van der Waals surface area contributed by atoms with Crippen molar-refractivity contribution < 1.29 is 8.42 Å². The molecule has 0 aromatic rings. The van der Waals surface area contributed by atoms with Crippen molar-refractivity contribution in [3.8, 4) is 0 Å². The molecule has 4 nitrogen and oxygen atoms in total. The van der Waals surface area contributed by atoms with Gasteiger partial charge < -0.3 is 5.32 Å². The van der Waals surface area contributed by atoms with Crippen molar-refractivity contribution >= 4 is 10.0 Å². The van der Waals surface area contributed by atoms with E-state index in [0.29, 0.717) is 13.1 Å². The first-order valence-corrected chi connectivity index (χ1v) is 6.25. The first kappa shape index (κ1) is 10.9. The van der Waals surface area contributed by atoms with E-state index in [-0.39, 0.29) is 5.25 Å². The average Bonchev–Trinajstić information content (AvgIpc) is 2.31. The average molecular weight is 206 g/mol. The summed E-state index contributed by atoms with van der Waals surface area (Å²) in [7, 11) is -3.03. The Kier molecular flexibility index (Phi) is 3.70. The predicted molar refractivity (Wildman–Crippen MR) is 53.1 cm³/mol. The van der Waals surface area contributed by atoms with Crippen LogP contribution in [0.15, 0.2) is 0 Å². The summed E-state index contributed by atoms with van der Waals surface area (Å²) in [6.45, 7) is 6.42. The second-order valence-corrected chi connectivity index (χ2v) is 6.09. The summed E-state index contributed by atoms with van der Waals surface area (Å²) < 4.78 is 25.1. The summed E-state index contributed by atoms with van der Waals surface area (Å²) in [6, 6.07) is 0. The lowest BCUT2D eigenvalue weighted by Gasteiger charge is -2.21. The minimum atomic E-state index is -3.03. The molecule has 13 heavy (non-hydrogen) atoms. The van der Waals surface area contributed by atoms with E-state index in [4.69, 9.17) is 0 Å². The number of rotatable bonds is 2. The van der Waals surface area contributed by atoms with Gasteiger partial charge in [-0.05, 0) is 26.8 Å². The van der Waals surface area contributed by atoms with Crippen LogP contribution in [0.1, 0.15) is 20.3 Å². The highest BCUT2D eigenvalue weighted by molar-refractivity contribution is 7.89. The Hall–Kier alpha value is -0.130. The molecule has 1 saturated heterocycles. The van der Waals surface area contributed by atoms with Gasteiger partial charge in [0.1, 0.15) is 0 Å². The molecular formula is C8H18N2O2S. The van der Waals surface area contributed by atoms with Crippen molar-refractivity contribution in [1.82, 2.24) is 9.62 Å². The number of nitrogens with zero attached hydrogens (tertiary/aromatic N) is 1. The Balaban J connectivity index is 2.69. The van der Waals surface area contributed by atoms with E-state index < -0.39 is 10.0 Å². The van der Waals surface area contributed by atoms with E-state index >= 15 is 0 Å². The fraction of sp³-hybridized carbons (Fsp3) is 1.00. The third-order valence-corrected chi connectivity index (χ3v) is 4.53. The molecule has 0 aromatic carbocycles. The molecule has 1 fully saturated rings. The van der Waals surface area contributed by atoms with Gasteiger partial charge in [0.15, 0.2) is 0 Å². The van der Waals surface area contributed by atoms with Crippen LogP contribution in [-0.2, 0) is 10.0 Å². The largest absolute Gasteiger partial charge is 0.315 e. The Bertz CT molecular complexity index is 241. The van der Waals surface area contributed by atoms with Gasteiger partial charge in [0.2, 0.25) is 10.0 Å². The van der Waals surface area contributed by atoms with Crippen LogP contribution in [0.5, 0.6) is 0 Å². The monoisotopic (exact) mass is 206 g/mol. The summed E-state index contributed by atoms with van der Waals surface area (Å²) in [4.78, 5) is 0. The minimum Gasteiger partial charge on any atom is -0.315 e.